The van der Waals surface area contributed by atoms with E-state index < -0.39 is 0 Å². The van der Waals surface area contributed by atoms with Gasteiger partial charge in [-0.05, 0) is 25.1 Å². The Morgan fingerprint density at radius 2 is 1.85 bits per heavy atom. The summed E-state index contributed by atoms with van der Waals surface area (Å²) in [5.41, 5.74) is 5.09. The molecule has 1 N–H and O–H groups in total. The van der Waals surface area contributed by atoms with Crippen LogP contribution < -0.4 is 4.90 Å². The van der Waals surface area contributed by atoms with Crippen LogP contribution in [0.15, 0.2) is 49.2 Å². The molecule has 5 heterocycles. The highest BCUT2D eigenvalue weighted by molar-refractivity contribution is 5.87. The predicted octanol–water partition coefficient (Wildman–Crippen LogP) is 2.17. The molecule has 9 heteroatoms. The number of fused-ring (bicyclic) bond motifs is 1. The van der Waals surface area contributed by atoms with Gasteiger partial charge in [-0.2, -0.15) is 15.5 Å². The minimum Gasteiger partial charge on any atom is -0.395 e. The molecule has 1 atom stereocenters. The summed E-state index contributed by atoms with van der Waals surface area (Å²) in [6.45, 7) is 5.78. The summed E-state index contributed by atoms with van der Waals surface area (Å²) in [5.74, 6) is 0.934. The lowest BCUT2D eigenvalue weighted by Crippen LogP contribution is -2.50. The van der Waals surface area contributed by atoms with Gasteiger partial charge in [0.2, 0.25) is 0 Å². The third-order valence-corrected chi connectivity index (χ3v) is 6.36. The summed E-state index contributed by atoms with van der Waals surface area (Å²) >= 11 is 0. The average Bonchev–Trinajstić information content (AvgIpc) is 3.49. The standard InChI is InChI=1S/C24H26N8O/c1-17(16-33)30-5-7-31(8-6-30)23-4-3-18(11-26-23)22-9-19(21-13-27-29(2)14-21)15-32-24(22)20(10-25)12-28-32/h3-4,9,11-15,17,33H,5-8,16H2,1-2H3. The summed E-state index contributed by atoms with van der Waals surface area (Å²) < 4.78 is 3.52. The monoisotopic (exact) mass is 442 g/mol. The van der Waals surface area contributed by atoms with Crippen LogP contribution in [0.3, 0.4) is 0 Å². The summed E-state index contributed by atoms with van der Waals surface area (Å²) in [6, 6.07) is 8.60. The van der Waals surface area contributed by atoms with Crippen molar-refractivity contribution < 1.29 is 5.11 Å². The van der Waals surface area contributed by atoms with Crippen molar-refractivity contribution in [1.82, 2.24) is 29.3 Å². The second-order valence-electron chi connectivity index (χ2n) is 8.47. The average molecular weight is 443 g/mol. The number of aliphatic hydroxyl groups excluding tert-OH is 1. The minimum atomic E-state index is 0.179. The highest BCUT2D eigenvalue weighted by Crippen LogP contribution is 2.32. The van der Waals surface area contributed by atoms with Gasteiger partial charge in [-0.25, -0.2) is 9.50 Å². The molecule has 33 heavy (non-hydrogen) atoms. The van der Waals surface area contributed by atoms with Crippen LogP contribution in [0.5, 0.6) is 0 Å². The van der Waals surface area contributed by atoms with Crippen molar-refractivity contribution >= 4 is 11.3 Å². The SMILES string of the molecule is CC(CO)N1CCN(c2ccc(-c3cc(-c4cnn(C)c4)cn4ncc(C#N)c34)cn2)CC1. The second-order valence-corrected chi connectivity index (χ2v) is 8.47. The van der Waals surface area contributed by atoms with Crippen LogP contribution in [-0.2, 0) is 7.05 Å². The minimum absolute atomic E-state index is 0.179. The van der Waals surface area contributed by atoms with E-state index in [1.807, 2.05) is 37.9 Å². The molecule has 5 rings (SSSR count). The van der Waals surface area contributed by atoms with Crippen molar-refractivity contribution in [2.75, 3.05) is 37.7 Å². The van der Waals surface area contributed by atoms with Crippen LogP contribution in [0.25, 0.3) is 27.8 Å². The zero-order valence-corrected chi connectivity index (χ0v) is 18.8. The third-order valence-electron chi connectivity index (χ3n) is 6.36. The predicted molar refractivity (Wildman–Crippen MR) is 126 cm³/mol. The van der Waals surface area contributed by atoms with Crippen LogP contribution in [0, 0.1) is 11.3 Å². The van der Waals surface area contributed by atoms with E-state index in [-0.39, 0.29) is 12.6 Å². The van der Waals surface area contributed by atoms with Crippen LogP contribution >= 0.6 is 0 Å². The van der Waals surface area contributed by atoms with Gasteiger partial charge in [0.1, 0.15) is 11.9 Å². The van der Waals surface area contributed by atoms with Gasteiger partial charge in [-0.15, -0.1) is 0 Å². The van der Waals surface area contributed by atoms with Crippen molar-refractivity contribution in [3.05, 3.63) is 54.7 Å². The van der Waals surface area contributed by atoms with E-state index >= 15 is 0 Å². The molecule has 1 saturated heterocycles. The molecular weight excluding hydrogens is 416 g/mol. The number of nitriles is 1. The maximum absolute atomic E-state index is 9.62. The van der Waals surface area contributed by atoms with Crippen molar-refractivity contribution in [2.24, 2.45) is 7.05 Å². The third kappa shape index (κ3) is 3.95. The Labute approximate surface area is 192 Å². The van der Waals surface area contributed by atoms with Gasteiger partial charge in [0.25, 0.3) is 0 Å². The molecule has 1 unspecified atom stereocenters. The maximum Gasteiger partial charge on any atom is 0.128 e. The fourth-order valence-corrected chi connectivity index (χ4v) is 4.39. The van der Waals surface area contributed by atoms with Gasteiger partial charge in [0, 0.05) is 80.1 Å². The largest absolute Gasteiger partial charge is 0.395 e. The lowest BCUT2D eigenvalue weighted by atomic mass is 10.0. The fraction of sp³-hybridized carbons (Fsp3) is 0.333. The number of nitrogens with zero attached hydrogens (tertiary/aromatic N) is 8. The number of aromatic nitrogens is 5. The molecular formula is C24H26N8O. The Morgan fingerprint density at radius 1 is 1.03 bits per heavy atom. The van der Waals surface area contributed by atoms with E-state index in [0.29, 0.717) is 5.56 Å². The lowest BCUT2D eigenvalue weighted by Gasteiger charge is -2.38. The molecule has 9 nitrogen and oxygen atoms in total. The normalized spacial score (nSPS) is 15.6. The Balaban J connectivity index is 1.48. The quantitative estimate of drug-likeness (QED) is 0.506. The van der Waals surface area contributed by atoms with E-state index in [1.165, 1.54) is 0 Å². The van der Waals surface area contributed by atoms with Crippen molar-refractivity contribution in [1.29, 1.82) is 5.26 Å². The van der Waals surface area contributed by atoms with Crippen LogP contribution in [-0.4, -0.2) is 73.2 Å². The summed E-state index contributed by atoms with van der Waals surface area (Å²) in [6.07, 6.45) is 9.16. The topological polar surface area (TPSA) is 98.5 Å². The van der Waals surface area contributed by atoms with E-state index in [9.17, 15) is 10.4 Å². The van der Waals surface area contributed by atoms with Gasteiger partial charge in [0.05, 0.1) is 30.1 Å². The Bertz CT molecular complexity index is 1310. The van der Waals surface area contributed by atoms with Crippen molar-refractivity contribution in [3.8, 4) is 28.3 Å². The smallest absolute Gasteiger partial charge is 0.128 e. The first-order chi connectivity index (χ1) is 16.1. The number of hydrogen-bond acceptors (Lipinski definition) is 7. The highest BCUT2D eigenvalue weighted by atomic mass is 16.3. The molecule has 0 bridgehead atoms. The highest BCUT2D eigenvalue weighted by Gasteiger charge is 2.22. The molecule has 0 radical (unpaired) electrons. The molecule has 0 amide bonds. The molecule has 0 saturated carbocycles. The van der Waals surface area contributed by atoms with Crippen LogP contribution in [0.1, 0.15) is 12.5 Å². The first-order valence-electron chi connectivity index (χ1n) is 11.0. The molecule has 0 aromatic carbocycles. The molecule has 1 aliphatic rings. The number of rotatable bonds is 5. The fourth-order valence-electron chi connectivity index (χ4n) is 4.39. The molecule has 1 fully saturated rings. The van der Waals surface area contributed by atoms with Gasteiger partial charge in [-0.1, -0.05) is 0 Å². The molecule has 1 aliphatic heterocycles. The van der Waals surface area contributed by atoms with Crippen LogP contribution in [0.2, 0.25) is 0 Å². The number of aliphatic hydroxyl groups is 1. The number of hydrogen-bond donors (Lipinski definition) is 1. The van der Waals surface area contributed by atoms with Gasteiger partial charge < -0.3 is 10.0 Å². The second kappa shape index (κ2) is 8.65. The van der Waals surface area contributed by atoms with Crippen molar-refractivity contribution in [2.45, 2.75) is 13.0 Å². The van der Waals surface area contributed by atoms with E-state index in [1.54, 1.807) is 15.4 Å². The maximum atomic E-state index is 9.62. The van der Waals surface area contributed by atoms with E-state index in [4.69, 9.17) is 4.98 Å². The zero-order chi connectivity index (χ0) is 22.9. The first kappa shape index (κ1) is 21.1. The van der Waals surface area contributed by atoms with Gasteiger partial charge >= 0.3 is 0 Å². The van der Waals surface area contributed by atoms with E-state index in [0.717, 1.165) is 59.8 Å². The zero-order valence-electron chi connectivity index (χ0n) is 18.8. The molecule has 4 aromatic rings. The Kier molecular flexibility index (Phi) is 5.54. The number of pyridine rings is 2. The van der Waals surface area contributed by atoms with Crippen LogP contribution in [0.4, 0.5) is 5.82 Å². The summed E-state index contributed by atoms with van der Waals surface area (Å²) in [4.78, 5) is 9.32. The Hall–Kier alpha value is -3.74. The molecule has 4 aromatic heterocycles. The summed E-state index contributed by atoms with van der Waals surface area (Å²) in [7, 11) is 1.89. The molecule has 168 valence electrons. The number of aryl methyl sites for hydroxylation is 1. The lowest BCUT2D eigenvalue weighted by molar-refractivity contribution is 0.128. The van der Waals surface area contributed by atoms with Gasteiger partial charge in [0.15, 0.2) is 0 Å². The number of piperazine rings is 1. The summed E-state index contributed by atoms with van der Waals surface area (Å²) in [5, 5.41) is 27.7. The van der Waals surface area contributed by atoms with E-state index in [2.05, 4.69) is 45.1 Å². The first-order valence-corrected chi connectivity index (χ1v) is 11.0. The number of anilines is 1. The molecule has 0 spiro atoms. The Morgan fingerprint density at radius 3 is 2.48 bits per heavy atom. The van der Waals surface area contributed by atoms with Crippen molar-refractivity contribution in [3.63, 3.8) is 0 Å². The molecule has 0 aliphatic carbocycles. The van der Waals surface area contributed by atoms with Gasteiger partial charge in [-0.3, -0.25) is 9.58 Å².